The SMILES string of the molecule is COc1cc2sc(NC(=O)CC(C)n3cccn3)nc2cc1Cl. The van der Waals surface area contributed by atoms with Gasteiger partial charge in [-0.05, 0) is 19.1 Å². The van der Waals surface area contributed by atoms with E-state index in [2.05, 4.69) is 15.4 Å². The summed E-state index contributed by atoms with van der Waals surface area (Å²) in [5.74, 6) is 0.484. The number of rotatable bonds is 5. The van der Waals surface area contributed by atoms with Crippen molar-refractivity contribution in [2.24, 2.45) is 0 Å². The van der Waals surface area contributed by atoms with Gasteiger partial charge in [0.1, 0.15) is 5.75 Å². The highest BCUT2D eigenvalue weighted by molar-refractivity contribution is 7.22. The van der Waals surface area contributed by atoms with E-state index in [4.69, 9.17) is 16.3 Å². The van der Waals surface area contributed by atoms with Crippen LogP contribution in [-0.2, 0) is 4.79 Å². The van der Waals surface area contributed by atoms with E-state index in [0.29, 0.717) is 22.3 Å². The minimum Gasteiger partial charge on any atom is -0.495 e. The van der Waals surface area contributed by atoms with Gasteiger partial charge in [0, 0.05) is 24.9 Å². The molecule has 6 nitrogen and oxygen atoms in total. The molecule has 0 saturated heterocycles. The lowest BCUT2D eigenvalue weighted by molar-refractivity contribution is -0.116. The van der Waals surface area contributed by atoms with Crippen molar-refractivity contribution in [1.82, 2.24) is 14.8 Å². The molecule has 2 aromatic heterocycles. The number of hydrogen-bond acceptors (Lipinski definition) is 5. The molecule has 0 fully saturated rings. The van der Waals surface area contributed by atoms with Crippen molar-refractivity contribution < 1.29 is 9.53 Å². The molecule has 1 amide bonds. The van der Waals surface area contributed by atoms with Gasteiger partial charge in [-0.15, -0.1) is 0 Å². The molecule has 120 valence electrons. The first-order valence-electron chi connectivity index (χ1n) is 7.00. The van der Waals surface area contributed by atoms with Crippen LogP contribution < -0.4 is 10.1 Å². The number of halogens is 1. The lowest BCUT2D eigenvalue weighted by Crippen LogP contribution is -2.17. The Kier molecular flexibility index (Phi) is 4.49. The summed E-state index contributed by atoms with van der Waals surface area (Å²) in [5, 5.41) is 8.00. The number of hydrogen-bond donors (Lipinski definition) is 1. The van der Waals surface area contributed by atoms with Crippen LogP contribution in [-0.4, -0.2) is 27.8 Å². The number of thiazole rings is 1. The van der Waals surface area contributed by atoms with Gasteiger partial charge in [-0.1, -0.05) is 22.9 Å². The molecular weight excluding hydrogens is 336 g/mol. The van der Waals surface area contributed by atoms with E-state index in [1.807, 2.05) is 25.3 Å². The van der Waals surface area contributed by atoms with Crippen molar-refractivity contribution in [2.45, 2.75) is 19.4 Å². The average Bonchev–Trinajstić information content (AvgIpc) is 3.14. The number of benzene rings is 1. The molecule has 1 atom stereocenters. The van der Waals surface area contributed by atoms with E-state index in [1.165, 1.54) is 11.3 Å². The molecule has 0 spiro atoms. The minimum absolute atomic E-state index is 0.0195. The number of anilines is 1. The Labute approximate surface area is 142 Å². The summed E-state index contributed by atoms with van der Waals surface area (Å²) in [6.07, 6.45) is 3.85. The quantitative estimate of drug-likeness (QED) is 0.761. The van der Waals surface area contributed by atoms with Gasteiger partial charge in [0.2, 0.25) is 5.91 Å². The van der Waals surface area contributed by atoms with E-state index in [9.17, 15) is 4.79 Å². The largest absolute Gasteiger partial charge is 0.495 e. The van der Waals surface area contributed by atoms with Crippen LogP contribution in [0.3, 0.4) is 0 Å². The van der Waals surface area contributed by atoms with E-state index < -0.39 is 0 Å². The number of nitrogens with zero attached hydrogens (tertiary/aromatic N) is 3. The molecule has 3 rings (SSSR count). The zero-order chi connectivity index (χ0) is 16.4. The van der Waals surface area contributed by atoms with Gasteiger partial charge in [0.15, 0.2) is 5.13 Å². The van der Waals surface area contributed by atoms with Gasteiger partial charge in [0.25, 0.3) is 0 Å². The molecule has 0 aliphatic heterocycles. The van der Waals surface area contributed by atoms with Crippen molar-refractivity contribution >= 4 is 44.2 Å². The van der Waals surface area contributed by atoms with Crippen LogP contribution in [0.2, 0.25) is 5.02 Å². The third kappa shape index (κ3) is 3.46. The molecule has 0 saturated carbocycles. The van der Waals surface area contributed by atoms with Gasteiger partial charge in [-0.3, -0.25) is 9.48 Å². The maximum absolute atomic E-state index is 12.1. The van der Waals surface area contributed by atoms with E-state index in [1.54, 1.807) is 24.1 Å². The normalized spacial score (nSPS) is 12.3. The second-order valence-corrected chi connectivity index (χ2v) is 6.50. The van der Waals surface area contributed by atoms with Crippen molar-refractivity contribution in [2.75, 3.05) is 12.4 Å². The molecule has 1 N–H and O–H groups in total. The summed E-state index contributed by atoms with van der Waals surface area (Å²) >= 11 is 7.47. The van der Waals surface area contributed by atoms with Gasteiger partial charge < -0.3 is 10.1 Å². The number of carbonyl (C=O) groups excluding carboxylic acids is 1. The third-order valence-corrected chi connectivity index (χ3v) is 4.59. The van der Waals surface area contributed by atoms with Crippen LogP contribution in [0.1, 0.15) is 19.4 Å². The maximum atomic E-state index is 12.1. The van der Waals surface area contributed by atoms with Crippen LogP contribution >= 0.6 is 22.9 Å². The smallest absolute Gasteiger partial charge is 0.228 e. The van der Waals surface area contributed by atoms with E-state index >= 15 is 0 Å². The van der Waals surface area contributed by atoms with Crippen LogP contribution in [0, 0.1) is 0 Å². The Morgan fingerprint density at radius 2 is 2.35 bits per heavy atom. The van der Waals surface area contributed by atoms with Crippen LogP contribution in [0.15, 0.2) is 30.6 Å². The molecule has 0 aliphatic carbocycles. The number of methoxy groups -OCH3 is 1. The summed E-state index contributed by atoms with van der Waals surface area (Å²) in [4.78, 5) is 16.5. The molecule has 0 bridgehead atoms. The van der Waals surface area contributed by atoms with Gasteiger partial charge >= 0.3 is 0 Å². The molecule has 2 heterocycles. The van der Waals surface area contributed by atoms with Gasteiger partial charge in [-0.25, -0.2) is 4.98 Å². The fraction of sp³-hybridized carbons (Fsp3) is 0.267. The molecule has 8 heteroatoms. The first kappa shape index (κ1) is 15.8. The predicted molar refractivity (Wildman–Crippen MR) is 91.4 cm³/mol. The molecular formula is C15H15ClN4O2S. The third-order valence-electron chi connectivity index (χ3n) is 3.37. The summed E-state index contributed by atoms with van der Waals surface area (Å²) in [6, 6.07) is 5.36. The summed E-state index contributed by atoms with van der Waals surface area (Å²) in [6.45, 7) is 1.94. The summed E-state index contributed by atoms with van der Waals surface area (Å²) in [7, 11) is 1.56. The zero-order valence-corrected chi connectivity index (χ0v) is 14.2. The Hall–Kier alpha value is -2.12. The highest BCUT2D eigenvalue weighted by Crippen LogP contribution is 2.34. The predicted octanol–water partition coefficient (Wildman–Crippen LogP) is 3.74. The molecule has 1 unspecified atom stereocenters. The molecule has 23 heavy (non-hydrogen) atoms. The number of nitrogens with one attached hydrogen (secondary N) is 1. The topological polar surface area (TPSA) is 69.0 Å². The van der Waals surface area contributed by atoms with E-state index in [0.717, 1.165) is 10.2 Å². The summed E-state index contributed by atoms with van der Waals surface area (Å²) in [5.41, 5.74) is 0.733. The van der Waals surface area contributed by atoms with Crippen LogP contribution in [0.4, 0.5) is 5.13 Å². The fourth-order valence-electron chi connectivity index (χ4n) is 2.21. The molecule has 0 radical (unpaired) electrons. The maximum Gasteiger partial charge on any atom is 0.228 e. The van der Waals surface area contributed by atoms with Crippen LogP contribution in [0.25, 0.3) is 10.2 Å². The van der Waals surface area contributed by atoms with Gasteiger partial charge in [0.05, 0.1) is 28.4 Å². The van der Waals surface area contributed by atoms with Crippen molar-refractivity contribution in [1.29, 1.82) is 0 Å². The van der Waals surface area contributed by atoms with E-state index in [-0.39, 0.29) is 11.9 Å². The second-order valence-electron chi connectivity index (χ2n) is 5.06. The highest BCUT2D eigenvalue weighted by atomic mass is 35.5. The second kappa shape index (κ2) is 6.55. The Morgan fingerprint density at radius 3 is 3.04 bits per heavy atom. The monoisotopic (exact) mass is 350 g/mol. The molecule has 3 aromatic rings. The fourth-order valence-corrected chi connectivity index (χ4v) is 3.34. The van der Waals surface area contributed by atoms with Crippen molar-refractivity contribution in [3.63, 3.8) is 0 Å². The number of aromatic nitrogens is 3. The standard InChI is InChI=1S/C15H15ClN4O2S/c1-9(20-5-3-4-17-20)6-14(21)19-15-18-11-7-10(16)12(22-2)8-13(11)23-15/h3-5,7-9H,6H2,1-2H3,(H,18,19,21). The number of carbonyl (C=O) groups is 1. The number of amides is 1. The first-order chi connectivity index (χ1) is 11.1. The lowest BCUT2D eigenvalue weighted by atomic mass is 10.2. The van der Waals surface area contributed by atoms with Crippen LogP contribution in [0.5, 0.6) is 5.75 Å². The zero-order valence-electron chi connectivity index (χ0n) is 12.6. The highest BCUT2D eigenvalue weighted by Gasteiger charge is 2.14. The Balaban J connectivity index is 1.72. The Morgan fingerprint density at radius 1 is 1.52 bits per heavy atom. The lowest BCUT2D eigenvalue weighted by Gasteiger charge is -2.10. The molecule has 0 aliphatic rings. The first-order valence-corrected chi connectivity index (χ1v) is 8.19. The summed E-state index contributed by atoms with van der Waals surface area (Å²) < 4.78 is 7.84. The van der Waals surface area contributed by atoms with Gasteiger partial charge in [-0.2, -0.15) is 5.10 Å². The van der Waals surface area contributed by atoms with Crippen molar-refractivity contribution in [3.05, 3.63) is 35.6 Å². The molecule has 1 aromatic carbocycles. The number of fused-ring (bicyclic) bond motifs is 1. The number of ether oxygens (including phenoxy) is 1. The van der Waals surface area contributed by atoms with Crippen molar-refractivity contribution in [3.8, 4) is 5.75 Å². The minimum atomic E-state index is -0.106. The Bertz CT molecular complexity index is 831. The average molecular weight is 351 g/mol.